The number of nitrogens with zero attached hydrogens (tertiary/aromatic N) is 2. The van der Waals surface area contributed by atoms with Gasteiger partial charge in [0, 0.05) is 32.1 Å². The molecule has 0 spiro atoms. The predicted molar refractivity (Wildman–Crippen MR) is 83.2 cm³/mol. The van der Waals surface area contributed by atoms with E-state index in [0.29, 0.717) is 6.54 Å². The average Bonchev–Trinajstić information content (AvgIpc) is 2.45. The Morgan fingerprint density at radius 2 is 2.05 bits per heavy atom. The highest BCUT2D eigenvalue weighted by Crippen LogP contribution is 2.28. The topological polar surface area (TPSA) is 60.9 Å². The molecule has 21 heavy (non-hydrogen) atoms. The van der Waals surface area contributed by atoms with Crippen molar-refractivity contribution >= 4 is 12.0 Å². The van der Waals surface area contributed by atoms with Crippen molar-refractivity contribution in [1.29, 1.82) is 0 Å². The van der Waals surface area contributed by atoms with E-state index >= 15 is 0 Å². The summed E-state index contributed by atoms with van der Waals surface area (Å²) in [5.41, 5.74) is -0.156. The predicted octanol–water partition coefficient (Wildman–Crippen LogP) is 3.05. The minimum atomic E-state index is -0.754. The number of piperidine rings is 1. The van der Waals surface area contributed by atoms with Gasteiger partial charge in [0.15, 0.2) is 0 Å². The molecular weight excluding hydrogens is 268 g/mol. The van der Waals surface area contributed by atoms with Crippen LogP contribution in [0.4, 0.5) is 4.79 Å². The Morgan fingerprint density at radius 1 is 1.43 bits per heavy atom. The van der Waals surface area contributed by atoms with Crippen LogP contribution in [0, 0.1) is 11.8 Å². The Hall–Kier alpha value is -1.26. The fourth-order valence-corrected chi connectivity index (χ4v) is 2.80. The van der Waals surface area contributed by atoms with Crippen molar-refractivity contribution in [3.05, 3.63) is 0 Å². The van der Waals surface area contributed by atoms with E-state index in [9.17, 15) is 9.59 Å². The normalized spacial score (nSPS) is 21.0. The maximum atomic E-state index is 12.6. The number of carbonyl (C=O) groups excluding carboxylic acids is 1. The number of likely N-dealkylation sites (tertiary alicyclic amines) is 1. The quantitative estimate of drug-likeness (QED) is 0.848. The third kappa shape index (κ3) is 4.61. The molecule has 1 aliphatic rings. The molecule has 1 rings (SSSR count). The van der Waals surface area contributed by atoms with Gasteiger partial charge in [0.25, 0.3) is 0 Å². The molecule has 1 N–H and O–H groups in total. The number of hydrogen-bond donors (Lipinski definition) is 1. The van der Waals surface area contributed by atoms with Crippen LogP contribution >= 0.6 is 0 Å². The number of urea groups is 1. The van der Waals surface area contributed by atoms with E-state index in [2.05, 4.69) is 20.8 Å². The first-order valence-electron chi connectivity index (χ1n) is 7.93. The summed E-state index contributed by atoms with van der Waals surface area (Å²) in [4.78, 5) is 27.2. The third-order valence-corrected chi connectivity index (χ3v) is 5.09. The number of amides is 2. The van der Waals surface area contributed by atoms with Gasteiger partial charge < -0.3 is 14.9 Å². The summed E-state index contributed by atoms with van der Waals surface area (Å²) in [6, 6.07) is 0.0640. The molecule has 0 aliphatic carbocycles. The summed E-state index contributed by atoms with van der Waals surface area (Å²) in [6.45, 7) is 9.65. The van der Waals surface area contributed by atoms with Gasteiger partial charge in [-0.25, -0.2) is 4.79 Å². The monoisotopic (exact) mass is 298 g/mol. The molecule has 5 heteroatoms. The van der Waals surface area contributed by atoms with E-state index in [1.165, 1.54) is 0 Å². The number of aliphatic carboxylic acids is 1. The summed E-state index contributed by atoms with van der Waals surface area (Å²) < 4.78 is 0. The minimum Gasteiger partial charge on any atom is -0.481 e. The first kappa shape index (κ1) is 17.8. The molecule has 5 nitrogen and oxygen atoms in total. The summed E-state index contributed by atoms with van der Waals surface area (Å²) >= 11 is 0. The van der Waals surface area contributed by atoms with Crippen molar-refractivity contribution in [3.8, 4) is 0 Å². The first-order valence-corrected chi connectivity index (χ1v) is 7.93. The van der Waals surface area contributed by atoms with Crippen molar-refractivity contribution < 1.29 is 14.7 Å². The lowest BCUT2D eigenvalue weighted by Crippen LogP contribution is -2.53. The van der Waals surface area contributed by atoms with Crippen molar-refractivity contribution in [2.45, 2.75) is 58.9 Å². The standard InChI is InChI=1S/C16H30N2O3/c1-6-16(3,4)17(5)15(21)18-9-7-8-13(11-18)12(2)10-14(19)20/h12-13H,6-11H2,1-5H3,(H,19,20). The Balaban J connectivity index is 2.67. The SMILES string of the molecule is CCC(C)(C)N(C)C(=O)N1CCCC(C(C)CC(=O)O)C1. The summed E-state index contributed by atoms with van der Waals surface area (Å²) in [5, 5.41) is 8.93. The molecule has 2 amide bonds. The Bertz CT molecular complexity index is 382. The van der Waals surface area contributed by atoms with Crippen LogP contribution < -0.4 is 0 Å². The van der Waals surface area contributed by atoms with Crippen LogP contribution in [0.3, 0.4) is 0 Å². The second-order valence-electron chi connectivity index (χ2n) is 6.93. The van der Waals surface area contributed by atoms with Crippen LogP contribution in [-0.4, -0.2) is 52.6 Å². The zero-order valence-electron chi connectivity index (χ0n) is 14.1. The number of carboxylic acid groups (broad SMARTS) is 1. The highest BCUT2D eigenvalue weighted by molar-refractivity contribution is 5.75. The molecule has 0 aromatic rings. The Kier molecular flexibility index (Phi) is 6.05. The Labute approximate surface area is 128 Å². The number of hydrogen-bond acceptors (Lipinski definition) is 2. The summed E-state index contributed by atoms with van der Waals surface area (Å²) in [6.07, 6.45) is 3.06. The number of carboxylic acids is 1. The van der Waals surface area contributed by atoms with Crippen LogP contribution in [0.5, 0.6) is 0 Å². The molecule has 1 saturated heterocycles. The lowest BCUT2D eigenvalue weighted by atomic mass is 9.85. The van der Waals surface area contributed by atoms with E-state index in [4.69, 9.17) is 5.11 Å². The van der Waals surface area contributed by atoms with Gasteiger partial charge in [0.1, 0.15) is 0 Å². The molecule has 0 aromatic heterocycles. The van der Waals surface area contributed by atoms with Crippen molar-refractivity contribution in [2.75, 3.05) is 20.1 Å². The maximum Gasteiger partial charge on any atom is 0.320 e. The van der Waals surface area contributed by atoms with E-state index < -0.39 is 5.97 Å². The molecule has 2 atom stereocenters. The summed E-state index contributed by atoms with van der Waals surface area (Å²) in [7, 11) is 1.86. The van der Waals surface area contributed by atoms with Gasteiger partial charge in [-0.3, -0.25) is 4.79 Å². The van der Waals surface area contributed by atoms with E-state index in [0.717, 1.165) is 25.8 Å². The van der Waals surface area contributed by atoms with Gasteiger partial charge in [0.05, 0.1) is 0 Å². The van der Waals surface area contributed by atoms with Crippen molar-refractivity contribution in [3.63, 3.8) is 0 Å². The van der Waals surface area contributed by atoms with Crippen LogP contribution in [-0.2, 0) is 4.79 Å². The zero-order valence-corrected chi connectivity index (χ0v) is 14.1. The fourth-order valence-electron chi connectivity index (χ4n) is 2.80. The highest BCUT2D eigenvalue weighted by atomic mass is 16.4. The molecular formula is C16H30N2O3. The lowest BCUT2D eigenvalue weighted by Gasteiger charge is -2.42. The van der Waals surface area contributed by atoms with Gasteiger partial charge in [-0.1, -0.05) is 13.8 Å². The smallest absolute Gasteiger partial charge is 0.320 e. The van der Waals surface area contributed by atoms with E-state index in [1.54, 1.807) is 0 Å². The molecule has 1 aliphatic heterocycles. The largest absolute Gasteiger partial charge is 0.481 e. The van der Waals surface area contributed by atoms with Crippen molar-refractivity contribution in [1.82, 2.24) is 9.80 Å². The Morgan fingerprint density at radius 3 is 2.57 bits per heavy atom. The second kappa shape index (κ2) is 7.14. The zero-order chi connectivity index (χ0) is 16.2. The average molecular weight is 298 g/mol. The second-order valence-corrected chi connectivity index (χ2v) is 6.93. The minimum absolute atomic E-state index is 0.0640. The van der Waals surface area contributed by atoms with Gasteiger partial charge in [-0.05, 0) is 44.9 Å². The van der Waals surface area contributed by atoms with Gasteiger partial charge >= 0.3 is 12.0 Å². The number of rotatable bonds is 5. The molecule has 0 radical (unpaired) electrons. The van der Waals surface area contributed by atoms with Crippen LogP contribution in [0.1, 0.15) is 53.4 Å². The molecule has 0 aromatic carbocycles. The molecule has 1 fully saturated rings. The number of carbonyl (C=O) groups is 2. The van der Waals surface area contributed by atoms with Crippen LogP contribution in [0.2, 0.25) is 0 Å². The molecule has 1 heterocycles. The fraction of sp³-hybridized carbons (Fsp3) is 0.875. The van der Waals surface area contributed by atoms with E-state index in [1.807, 2.05) is 23.8 Å². The van der Waals surface area contributed by atoms with Crippen LogP contribution in [0.15, 0.2) is 0 Å². The molecule has 0 saturated carbocycles. The van der Waals surface area contributed by atoms with Gasteiger partial charge in [0.2, 0.25) is 0 Å². The van der Waals surface area contributed by atoms with Crippen molar-refractivity contribution in [2.24, 2.45) is 11.8 Å². The molecule has 0 bridgehead atoms. The summed E-state index contributed by atoms with van der Waals surface area (Å²) in [5.74, 6) is -0.352. The van der Waals surface area contributed by atoms with Gasteiger partial charge in [-0.15, -0.1) is 0 Å². The molecule has 122 valence electrons. The van der Waals surface area contributed by atoms with E-state index in [-0.39, 0.29) is 29.8 Å². The highest BCUT2D eigenvalue weighted by Gasteiger charge is 2.33. The van der Waals surface area contributed by atoms with Crippen LogP contribution in [0.25, 0.3) is 0 Å². The maximum absolute atomic E-state index is 12.6. The third-order valence-electron chi connectivity index (χ3n) is 5.09. The van der Waals surface area contributed by atoms with Gasteiger partial charge in [-0.2, -0.15) is 0 Å². The molecule has 2 unspecified atom stereocenters. The first-order chi connectivity index (χ1) is 9.69. The lowest BCUT2D eigenvalue weighted by molar-refractivity contribution is -0.138.